The lowest BCUT2D eigenvalue weighted by Crippen LogP contribution is -2.54. The first-order chi connectivity index (χ1) is 9.35. The third-order valence-corrected chi connectivity index (χ3v) is 3.66. The molecule has 8 nitrogen and oxygen atoms in total. The average Bonchev–Trinajstić information content (AvgIpc) is 2.83. The molecule has 0 spiro atoms. The van der Waals surface area contributed by atoms with Crippen LogP contribution in [-0.4, -0.2) is 64.9 Å². The Bertz CT molecular complexity index is 399. The summed E-state index contributed by atoms with van der Waals surface area (Å²) in [6.45, 7) is 2.03. The molecule has 1 heterocycles. The molecule has 114 valence electrons. The lowest BCUT2D eigenvalue weighted by molar-refractivity contribution is -0.149. The van der Waals surface area contributed by atoms with Crippen molar-refractivity contribution in [2.24, 2.45) is 0 Å². The number of methoxy groups -OCH3 is 1. The second-order valence-electron chi connectivity index (χ2n) is 4.82. The van der Waals surface area contributed by atoms with Crippen molar-refractivity contribution in [1.82, 2.24) is 10.2 Å². The number of likely N-dealkylation sites (tertiary alicyclic amines) is 1. The minimum atomic E-state index is -1.41. The van der Waals surface area contributed by atoms with Crippen LogP contribution in [-0.2, 0) is 14.3 Å². The molecule has 0 saturated carbocycles. The molecule has 1 amide bonds. The Hall–Kier alpha value is -1.83. The summed E-state index contributed by atoms with van der Waals surface area (Å²) in [6.07, 6.45) is -0.324. The highest BCUT2D eigenvalue weighted by Crippen LogP contribution is 2.32. The number of ether oxygens (including phenoxy) is 1. The molecule has 0 aromatic rings. The van der Waals surface area contributed by atoms with Gasteiger partial charge in [0.25, 0.3) is 0 Å². The van der Waals surface area contributed by atoms with Gasteiger partial charge < -0.3 is 20.3 Å². The standard InChI is InChI=1S/C12H20N2O6/c1-8(9(15)20-2)13-6-5-12(10(16)17)4-3-7-14(12)11(18)19/h8,13H,3-7H2,1-2H3,(H,16,17)(H,18,19)/t8-,12?/m0/s1. The summed E-state index contributed by atoms with van der Waals surface area (Å²) >= 11 is 0. The van der Waals surface area contributed by atoms with Crippen LogP contribution in [0, 0.1) is 0 Å². The molecule has 1 saturated heterocycles. The molecule has 1 unspecified atom stereocenters. The van der Waals surface area contributed by atoms with Gasteiger partial charge in [-0.05, 0) is 32.7 Å². The number of carboxylic acids is 1. The van der Waals surface area contributed by atoms with Gasteiger partial charge in [-0.25, -0.2) is 9.59 Å². The number of amides is 1. The number of carboxylic acid groups (broad SMARTS) is 2. The Morgan fingerprint density at radius 3 is 2.55 bits per heavy atom. The minimum Gasteiger partial charge on any atom is -0.479 e. The zero-order valence-corrected chi connectivity index (χ0v) is 11.6. The van der Waals surface area contributed by atoms with E-state index in [2.05, 4.69) is 10.1 Å². The van der Waals surface area contributed by atoms with E-state index in [1.165, 1.54) is 7.11 Å². The highest BCUT2D eigenvalue weighted by Gasteiger charge is 2.49. The molecule has 0 aliphatic carbocycles. The molecule has 20 heavy (non-hydrogen) atoms. The fourth-order valence-corrected chi connectivity index (χ4v) is 2.50. The average molecular weight is 288 g/mol. The van der Waals surface area contributed by atoms with Crippen LogP contribution < -0.4 is 5.32 Å². The Morgan fingerprint density at radius 2 is 2.05 bits per heavy atom. The summed E-state index contributed by atoms with van der Waals surface area (Å²) in [5.74, 6) is -1.60. The minimum absolute atomic E-state index is 0.107. The van der Waals surface area contributed by atoms with Crippen molar-refractivity contribution in [3.8, 4) is 0 Å². The summed E-state index contributed by atoms with van der Waals surface area (Å²) in [5, 5.41) is 21.3. The number of aliphatic carboxylic acids is 1. The Kier molecular flexibility index (Phi) is 5.32. The van der Waals surface area contributed by atoms with Gasteiger partial charge in [0.1, 0.15) is 11.6 Å². The van der Waals surface area contributed by atoms with E-state index >= 15 is 0 Å². The molecule has 0 radical (unpaired) electrons. The van der Waals surface area contributed by atoms with Gasteiger partial charge in [0, 0.05) is 6.54 Å². The second kappa shape index (κ2) is 6.56. The van der Waals surface area contributed by atoms with Crippen LogP contribution in [0.3, 0.4) is 0 Å². The molecule has 3 N–H and O–H groups in total. The largest absolute Gasteiger partial charge is 0.479 e. The van der Waals surface area contributed by atoms with Crippen molar-refractivity contribution in [1.29, 1.82) is 0 Å². The van der Waals surface area contributed by atoms with Gasteiger partial charge in [-0.15, -0.1) is 0 Å². The maximum Gasteiger partial charge on any atom is 0.408 e. The van der Waals surface area contributed by atoms with Gasteiger partial charge in [0.2, 0.25) is 0 Å². The van der Waals surface area contributed by atoms with E-state index in [9.17, 15) is 19.5 Å². The van der Waals surface area contributed by atoms with Gasteiger partial charge in [0.15, 0.2) is 0 Å². The van der Waals surface area contributed by atoms with Crippen molar-refractivity contribution in [3.63, 3.8) is 0 Å². The fraction of sp³-hybridized carbons (Fsp3) is 0.750. The maximum atomic E-state index is 11.5. The lowest BCUT2D eigenvalue weighted by Gasteiger charge is -2.33. The third kappa shape index (κ3) is 3.19. The fourth-order valence-electron chi connectivity index (χ4n) is 2.50. The quantitative estimate of drug-likeness (QED) is 0.594. The van der Waals surface area contributed by atoms with Crippen molar-refractivity contribution < 1.29 is 29.3 Å². The number of rotatable bonds is 6. The van der Waals surface area contributed by atoms with E-state index in [-0.39, 0.29) is 25.9 Å². The normalized spacial score (nSPS) is 23.4. The molecule has 0 bridgehead atoms. The van der Waals surface area contributed by atoms with Crippen LogP contribution in [0.4, 0.5) is 4.79 Å². The van der Waals surface area contributed by atoms with Crippen LogP contribution in [0.25, 0.3) is 0 Å². The Morgan fingerprint density at radius 1 is 1.40 bits per heavy atom. The molecular formula is C12H20N2O6. The van der Waals surface area contributed by atoms with Crippen LogP contribution in [0.5, 0.6) is 0 Å². The first-order valence-corrected chi connectivity index (χ1v) is 6.40. The molecule has 8 heteroatoms. The van der Waals surface area contributed by atoms with E-state index in [1.807, 2.05) is 0 Å². The Labute approximate surface area is 116 Å². The number of hydrogen-bond donors (Lipinski definition) is 3. The second-order valence-corrected chi connectivity index (χ2v) is 4.82. The smallest absolute Gasteiger partial charge is 0.408 e. The van der Waals surface area contributed by atoms with Gasteiger partial charge in [-0.2, -0.15) is 0 Å². The predicted octanol–water partition coefficient (Wildman–Crippen LogP) is 0.125. The number of nitrogens with zero attached hydrogens (tertiary/aromatic N) is 1. The number of esters is 1. The van der Waals surface area contributed by atoms with E-state index < -0.39 is 29.6 Å². The molecule has 2 atom stereocenters. The predicted molar refractivity (Wildman–Crippen MR) is 68.4 cm³/mol. The zero-order valence-electron chi connectivity index (χ0n) is 11.6. The van der Waals surface area contributed by atoms with Crippen LogP contribution >= 0.6 is 0 Å². The molecule has 1 aliphatic rings. The van der Waals surface area contributed by atoms with Gasteiger partial charge in [-0.3, -0.25) is 9.69 Å². The molecular weight excluding hydrogens is 268 g/mol. The highest BCUT2D eigenvalue weighted by molar-refractivity contribution is 5.84. The summed E-state index contributed by atoms with van der Waals surface area (Å²) < 4.78 is 4.54. The van der Waals surface area contributed by atoms with Crippen LogP contribution in [0.15, 0.2) is 0 Å². The summed E-state index contributed by atoms with van der Waals surface area (Å²) in [6, 6.07) is -0.564. The molecule has 0 aromatic carbocycles. The van der Waals surface area contributed by atoms with E-state index in [0.29, 0.717) is 6.42 Å². The first kappa shape index (κ1) is 16.2. The lowest BCUT2D eigenvalue weighted by atomic mass is 9.92. The summed E-state index contributed by atoms with van der Waals surface area (Å²) in [5.41, 5.74) is -1.41. The van der Waals surface area contributed by atoms with Crippen molar-refractivity contribution in [3.05, 3.63) is 0 Å². The van der Waals surface area contributed by atoms with Crippen molar-refractivity contribution in [2.75, 3.05) is 20.2 Å². The molecule has 0 aromatic heterocycles. The number of carbonyl (C=O) groups is 3. The van der Waals surface area contributed by atoms with Gasteiger partial charge in [-0.1, -0.05) is 0 Å². The molecule has 1 fully saturated rings. The van der Waals surface area contributed by atoms with E-state index in [4.69, 9.17) is 5.11 Å². The monoisotopic (exact) mass is 288 g/mol. The Balaban J connectivity index is 2.67. The number of nitrogens with one attached hydrogen (secondary N) is 1. The third-order valence-electron chi connectivity index (χ3n) is 3.66. The summed E-state index contributed by atoms with van der Waals surface area (Å²) in [7, 11) is 1.27. The van der Waals surface area contributed by atoms with Crippen LogP contribution in [0.2, 0.25) is 0 Å². The van der Waals surface area contributed by atoms with Crippen molar-refractivity contribution >= 4 is 18.0 Å². The number of hydrogen-bond acceptors (Lipinski definition) is 5. The van der Waals surface area contributed by atoms with E-state index in [0.717, 1.165) is 4.90 Å². The van der Waals surface area contributed by atoms with Crippen molar-refractivity contribution in [2.45, 2.75) is 37.8 Å². The topological polar surface area (TPSA) is 116 Å². The highest BCUT2D eigenvalue weighted by atomic mass is 16.5. The molecule has 1 aliphatic heterocycles. The number of carbonyl (C=O) groups excluding carboxylic acids is 1. The van der Waals surface area contributed by atoms with Gasteiger partial charge in [0.05, 0.1) is 7.11 Å². The SMILES string of the molecule is COC(=O)[C@H](C)NCCC1(C(=O)O)CCCN1C(=O)O. The van der Waals surface area contributed by atoms with Gasteiger partial charge >= 0.3 is 18.0 Å². The summed E-state index contributed by atoms with van der Waals surface area (Å²) in [4.78, 5) is 34.8. The first-order valence-electron chi connectivity index (χ1n) is 6.40. The van der Waals surface area contributed by atoms with Crippen LogP contribution in [0.1, 0.15) is 26.2 Å². The molecule has 1 rings (SSSR count). The maximum absolute atomic E-state index is 11.5. The zero-order chi connectivity index (χ0) is 15.3. The van der Waals surface area contributed by atoms with E-state index in [1.54, 1.807) is 6.92 Å².